The van der Waals surface area contributed by atoms with E-state index in [2.05, 4.69) is 26.4 Å². The predicted molar refractivity (Wildman–Crippen MR) is 58.9 cm³/mol. The highest BCUT2D eigenvalue weighted by Crippen LogP contribution is 1.73. The van der Waals surface area contributed by atoms with Crippen molar-refractivity contribution in [2.75, 3.05) is 0 Å². The van der Waals surface area contributed by atoms with Crippen molar-refractivity contribution in [2.24, 2.45) is 11.5 Å². The number of aromatic amines is 1. The van der Waals surface area contributed by atoms with E-state index in [1.807, 2.05) is 18.2 Å². The first-order valence-corrected chi connectivity index (χ1v) is 4.10. The van der Waals surface area contributed by atoms with Crippen LogP contribution in [0.15, 0.2) is 49.3 Å². The average Bonchev–Trinajstić information content (AvgIpc) is 2.77. The van der Waals surface area contributed by atoms with Crippen LogP contribution in [0.5, 0.6) is 0 Å². The van der Waals surface area contributed by atoms with Crippen molar-refractivity contribution in [3.63, 3.8) is 0 Å². The molecule has 0 saturated heterocycles. The third-order valence-corrected chi connectivity index (χ3v) is 0.972. The van der Waals surface area contributed by atoms with Crippen LogP contribution in [-0.2, 0) is 0 Å². The molecule has 0 aliphatic rings. The molecule has 0 radical (unpaired) electrons. The zero-order chi connectivity index (χ0) is 11.4. The average molecular weight is 206 g/mol. The van der Waals surface area contributed by atoms with E-state index in [0.29, 0.717) is 0 Å². The molecule has 6 N–H and O–H groups in total. The van der Waals surface area contributed by atoms with Gasteiger partial charge in [-0.3, -0.25) is 10.4 Å². The van der Waals surface area contributed by atoms with Crippen molar-refractivity contribution >= 4 is 5.96 Å². The van der Waals surface area contributed by atoms with Crippen LogP contribution in [-0.4, -0.2) is 20.9 Å². The van der Waals surface area contributed by atoms with Crippen LogP contribution in [0.3, 0.4) is 0 Å². The SMILES string of the molecule is N=C(N)N.c1c[nH]cn1.c1ccncc1. The highest BCUT2D eigenvalue weighted by molar-refractivity contribution is 5.71. The van der Waals surface area contributed by atoms with E-state index in [0.717, 1.165) is 0 Å². The number of nitrogens with two attached hydrogens (primary N) is 2. The molecule has 15 heavy (non-hydrogen) atoms. The molecule has 0 aliphatic carbocycles. The van der Waals surface area contributed by atoms with Gasteiger partial charge in [0.2, 0.25) is 0 Å². The van der Waals surface area contributed by atoms with Gasteiger partial charge in [0.25, 0.3) is 0 Å². The zero-order valence-corrected chi connectivity index (χ0v) is 8.17. The van der Waals surface area contributed by atoms with E-state index in [-0.39, 0.29) is 5.96 Å². The number of guanidine groups is 1. The van der Waals surface area contributed by atoms with Gasteiger partial charge in [-0.25, -0.2) is 4.98 Å². The summed E-state index contributed by atoms with van der Waals surface area (Å²) < 4.78 is 0. The Kier molecular flexibility index (Phi) is 8.18. The summed E-state index contributed by atoms with van der Waals surface area (Å²) in [5.74, 6) is -0.333. The molecule has 0 aromatic carbocycles. The number of aromatic nitrogens is 3. The van der Waals surface area contributed by atoms with Gasteiger partial charge < -0.3 is 16.5 Å². The number of hydrogen-bond acceptors (Lipinski definition) is 3. The Balaban J connectivity index is 0.000000202. The lowest BCUT2D eigenvalue weighted by Crippen LogP contribution is -2.20. The van der Waals surface area contributed by atoms with Crippen molar-refractivity contribution in [3.05, 3.63) is 49.3 Å². The topological polar surface area (TPSA) is 117 Å². The Morgan fingerprint density at radius 2 is 1.60 bits per heavy atom. The van der Waals surface area contributed by atoms with Crippen LogP contribution in [0.4, 0.5) is 0 Å². The second-order valence-electron chi connectivity index (χ2n) is 2.24. The van der Waals surface area contributed by atoms with E-state index in [1.54, 1.807) is 31.1 Å². The number of hydrogen-bond donors (Lipinski definition) is 4. The molecule has 0 saturated carbocycles. The molecule has 2 heterocycles. The van der Waals surface area contributed by atoms with Crippen LogP contribution >= 0.6 is 0 Å². The molecule has 2 aromatic heterocycles. The molecule has 0 spiro atoms. The summed E-state index contributed by atoms with van der Waals surface area (Å²) in [7, 11) is 0. The van der Waals surface area contributed by atoms with Crippen LogP contribution < -0.4 is 11.5 Å². The minimum absolute atomic E-state index is 0.333. The van der Waals surface area contributed by atoms with Gasteiger partial charge in [-0.2, -0.15) is 0 Å². The van der Waals surface area contributed by atoms with Gasteiger partial charge in [0.05, 0.1) is 6.33 Å². The van der Waals surface area contributed by atoms with Gasteiger partial charge in [-0.1, -0.05) is 6.07 Å². The van der Waals surface area contributed by atoms with Gasteiger partial charge in [0.1, 0.15) is 0 Å². The van der Waals surface area contributed by atoms with Gasteiger partial charge in [0, 0.05) is 24.8 Å². The largest absolute Gasteiger partial charge is 0.370 e. The Morgan fingerprint density at radius 3 is 1.73 bits per heavy atom. The fourth-order valence-corrected chi connectivity index (χ4v) is 0.528. The fourth-order valence-electron chi connectivity index (χ4n) is 0.528. The number of pyridine rings is 1. The molecule has 0 fully saturated rings. The lowest BCUT2D eigenvalue weighted by Gasteiger charge is -1.70. The molecule has 0 unspecified atom stereocenters. The summed E-state index contributed by atoms with van der Waals surface area (Å²) >= 11 is 0. The van der Waals surface area contributed by atoms with Gasteiger partial charge >= 0.3 is 0 Å². The molecule has 0 aliphatic heterocycles. The molecule has 6 nitrogen and oxygen atoms in total. The fraction of sp³-hybridized carbons (Fsp3) is 0. The van der Waals surface area contributed by atoms with Crippen LogP contribution in [0.25, 0.3) is 0 Å². The first-order valence-electron chi connectivity index (χ1n) is 4.10. The summed E-state index contributed by atoms with van der Waals surface area (Å²) in [4.78, 5) is 10.2. The van der Waals surface area contributed by atoms with Crippen molar-refractivity contribution in [3.8, 4) is 0 Å². The first-order chi connectivity index (χ1) is 7.23. The van der Waals surface area contributed by atoms with Crippen molar-refractivity contribution in [2.45, 2.75) is 0 Å². The molecular formula is C9H14N6. The predicted octanol–water partition coefficient (Wildman–Crippen LogP) is 0.330. The summed E-state index contributed by atoms with van der Waals surface area (Å²) in [5.41, 5.74) is 8.94. The van der Waals surface area contributed by atoms with Gasteiger partial charge in [0.15, 0.2) is 5.96 Å². The molecule has 0 bridgehead atoms. The van der Waals surface area contributed by atoms with Crippen molar-refractivity contribution in [1.82, 2.24) is 15.0 Å². The Hall–Kier alpha value is -2.37. The normalized spacial score (nSPS) is 7.47. The lowest BCUT2D eigenvalue weighted by molar-refractivity contribution is 1.31. The van der Waals surface area contributed by atoms with Crippen molar-refractivity contribution < 1.29 is 0 Å². The van der Waals surface area contributed by atoms with Gasteiger partial charge in [-0.05, 0) is 12.1 Å². The first kappa shape index (κ1) is 12.6. The van der Waals surface area contributed by atoms with Crippen LogP contribution in [0.2, 0.25) is 0 Å². The minimum atomic E-state index is -0.333. The third kappa shape index (κ3) is 14.5. The van der Waals surface area contributed by atoms with E-state index in [1.165, 1.54) is 0 Å². The highest BCUT2D eigenvalue weighted by atomic mass is 14.9. The Morgan fingerprint density at radius 1 is 1.00 bits per heavy atom. The highest BCUT2D eigenvalue weighted by Gasteiger charge is 1.58. The third-order valence-electron chi connectivity index (χ3n) is 0.972. The van der Waals surface area contributed by atoms with Crippen LogP contribution in [0, 0.1) is 5.41 Å². The monoisotopic (exact) mass is 206 g/mol. The minimum Gasteiger partial charge on any atom is -0.370 e. The summed E-state index contributed by atoms with van der Waals surface area (Å²) in [6.07, 6.45) is 8.58. The van der Waals surface area contributed by atoms with E-state index < -0.39 is 0 Å². The van der Waals surface area contributed by atoms with E-state index in [4.69, 9.17) is 5.41 Å². The quantitative estimate of drug-likeness (QED) is 0.367. The maximum atomic E-state index is 6.06. The smallest absolute Gasteiger partial charge is 0.183 e. The molecular weight excluding hydrogens is 192 g/mol. The lowest BCUT2D eigenvalue weighted by atomic mass is 10.5. The molecule has 0 atom stereocenters. The van der Waals surface area contributed by atoms with Crippen molar-refractivity contribution in [1.29, 1.82) is 5.41 Å². The second kappa shape index (κ2) is 9.72. The molecule has 80 valence electrons. The zero-order valence-electron chi connectivity index (χ0n) is 8.17. The molecule has 6 heteroatoms. The Labute approximate surface area is 87.9 Å². The summed E-state index contributed by atoms with van der Waals surface area (Å²) in [5, 5.41) is 6.06. The standard InChI is InChI=1S/C5H5N.C3H4N2.CH5N3/c1-2-4-6-5-3-1;1-2-5-3-4-1;2-1(3)4/h1-5H;1-3H,(H,4,5);(H5,2,3,4). The number of nitrogens with zero attached hydrogens (tertiary/aromatic N) is 2. The van der Waals surface area contributed by atoms with Crippen LogP contribution in [0.1, 0.15) is 0 Å². The number of imidazole rings is 1. The van der Waals surface area contributed by atoms with Gasteiger partial charge in [-0.15, -0.1) is 0 Å². The van der Waals surface area contributed by atoms with E-state index in [9.17, 15) is 0 Å². The molecule has 0 amide bonds. The maximum absolute atomic E-state index is 6.06. The molecule has 2 rings (SSSR count). The second-order valence-corrected chi connectivity index (χ2v) is 2.24. The maximum Gasteiger partial charge on any atom is 0.183 e. The van der Waals surface area contributed by atoms with E-state index >= 15 is 0 Å². The number of H-pyrrole nitrogens is 1. The molecule has 2 aromatic rings. The number of nitrogens with one attached hydrogen (secondary N) is 2. The summed E-state index contributed by atoms with van der Waals surface area (Å²) in [6.45, 7) is 0. The Bertz CT molecular complexity index is 270. The summed E-state index contributed by atoms with van der Waals surface area (Å²) in [6, 6.07) is 5.72. The number of rotatable bonds is 0.